The average Bonchev–Trinajstić information content (AvgIpc) is 3.10. The Morgan fingerprint density at radius 1 is 1.00 bits per heavy atom. The van der Waals surface area contributed by atoms with Gasteiger partial charge in [-0.1, -0.05) is 62.3 Å². The van der Waals surface area contributed by atoms with Crippen molar-refractivity contribution >= 4 is 5.91 Å². The van der Waals surface area contributed by atoms with Crippen molar-refractivity contribution in [2.24, 2.45) is 27.6 Å². The topological polar surface area (TPSA) is 55.8 Å². The molecule has 1 saturated heterocycles. The third-order valence-corrected chi connectivity index (χ3v) is 10.6. The van der Waals surface area contributed by atoms with E-state index in [1.807, 2.05) is 4.90 Å². The summed E-state index contributed by atoms with van der Waals surface area (Å²) in [5, 5.41) is 14.8. The number of nitrogens with zero attached hydrogens (tertiary/aromatic N) is 2. The predicted octanol–water partition coefficient (Wildman–Crippen LogP) is 6.30. The van der Waals surface area contributed by atoms with Gasteiger partial charge in [0.1, 0.15) is 6.23 Å². The molecule has 4 unspecified atom stereocenters. The smallest absolute Gasteiger partial charge is 0.228 e. The van der Waals surface area contributed by atoms with Crippen molar-refractivity contribution in [1.29, 1.82) is 0 Å². The van der Waals surface area contributed by atoms with Crippen LogP contribution in [0.3, 0.4) is 0 Å². The van der Waals surface area contributed by atoms with Gasteiger partial charge in [-0.25, -0.2) is 0 Å². The van der Waals surface area contributed by atoms with Gasteiger partial charge in [0, 0.05) is 23.4 Å². The number of amides is 1. The Morgan fingerprint density at radius 2 is 1.56 bits per heavy atom. The zero-order chi connectivity index (χ0) is 28.0. The Balaban J connectivity index is 2.01. The second-order valence-electron chi connectivity index (χ2n) is 15.6. The molecule has 2 N–H and O–H groups in total. The monoisotopic (exact) mass is 507 g/mol. The molecule has 1 aliphatic carbocycles. The number of rotatable bonds is 13. The zero-order valence-corrected chi connectivity index (χ0v) is 26.3. The Hall–Kier alpha value is -0.650. The fraction of sp³-hybridized carbons (Fsp3) is 0.968. The van der Waals surface area contributed by atoms with Gasteiger partial charge in [-0.3, -0.25) is 4.79 Å². The molecule has 2 rings (SSSR count). The Kier molecular flexibility index (Phi) is 9.20. The van der Waals surface area contributed by atoms with Crippen molar-refractivity contribution in [2.75, 3.05) is 26.2 Å². The van der Waals surface area contributed by atoms with E-state index in [-0.39, 0.29) is 33.6 Å². The summed E-state index contributed by atoms with van der Waals surface area (Å²) in [6.07, 6.45) is 3.98. The van der Waals surface area contributed by atoms with Crippen LogP contribution in [-0.2, 0) is 4.79 Å². The molecule has 5 nitrogen and oxygen atoms in total. The highest BCUT2D eigenvalue weighted by Gasteiger charge is 2.67. The maximum atomic E-state index is 13.8. The lowest BCUT2D eigenvalue weighted by Gasteiger charge is -2.41. The van der Waals surface area contributed by atoms with Gasteiger partial charge in [0.2, 0.25) is 5.91 Å². The van der Waals surface area contributed by atoms with E-state index in [2.05, 4.69) is 100 Å². The number of aliphatic hydroxyl groups is 1. The summed E-state index contributed by atoms with van der Waals surface area (Å²) < 4.78 is 0. The molecule has 5 heteroatoms. The van der Waals surface area contributed by atoms with Crippen LogP contribution in [0.5, 0.6) is 0 Å². The van der Waals surface area contributed by atoms with Crippen molar-refractivity contribution < 1.29 is 9.90 Å². The van der Waals surface area contributed by atoms with Crippen molar-refractivity contribution in [3.05, 3.63) is 0 Å². The quantitative estimate of drug-likeness (QED) is 0.307. The maximum absolute atomic E-state index is 13.8. The van der Waals surface area contributed by atoms with E-state index in [1.54, 1.807) is 0 Å². The van der Waals surface area contributed by atoms with Crippen molar-refractivity contribution in [3.8, 4) is 0 Å². The molecule has 0 spiro atoms. The van der Waals surface area contributed by atoms with Crippen LogP contribution in [0.1, 0.15) is 122 Å². The van der Waals surface area contributed by atoms with E-state index < -0.39 is 11.8 Å². The fourth-order valence-corrected chi connectivity index (χ4v) is 7.27. The maximum Gasteiger partial charge on any atom is 0.228 e. The summed E-state index contributed by atoms with van der Waals surface area (Å²) in [4.78, 5) is 18.1. The first-order chi connectivity index (χ1) is 16.2. The molecule has 4 atom stereocenters. The van der Waals surface area contributed by atoms with Gasteiger partial charge >= 0.3 is 0 Å². The molecule has 0 bridgehead atoms. The lowest BCUT2D eigenvalue weighted by molar-refractivity contribution is -0.146. The molecule has 212 valence electrons. The number of nitrogens with one attached hydrogen (secondary N) is 1. The minimum Gasteiger partial charge on any atom is -0.373 e. The van der Waals surface area contributed by atoms with Crippen LogP contribution in [0, 0.1) is 27.6 Å². The molecule has 0 aromatic heterocycles. The van der Waals surface area contributed by atoms with E-state index in [4.69, 9.17) is 0 Å². The largest absolute Gasteiger partial charge is 0.373 e. The van der Waals surface area contributed by atoms with Crippen molar-refractivity contribution in [3.63, 3.8) is 0 Å². The molecular weight excluding hydrogens is 446 g/mol. The number of likely N-dealkylation sites (tertiary alicyclic amines) is 1. The van der Waals surface area contributed by atoms with Crippen molar-refractivity contribution in [2.45, 2.75) is 139 Å². The summed E-state index contributed by atoms with van der Waals surface area (Å²) >= 11 is 0. The van der Waals surface area contributed by atoms with Crippen LogP contribution in [0.4, 0.5) is 0 Å². The number of aliphatic hydroxyl groups excluding tert-OH is 1. The second kappa shape index (κ2) is 10.5. The summed E-state index contributed by atoms with van der Waals surface area (Å²) in [7, 11) is 0. The average molecular weight is 508 g/mol. The molecule has 0 aromatic rings. The molecular formula is C31H61N3O2. The Morgan fingerprint density at radius 3 is 2.03 bits per heavy atom. The summed E-state index contributed by atoms with van der Waals surface area (Å²) in [6, 6.07) is 0. The highest BCUT2D eigenvalue weighted by molar-refractivity contribution is 5.82. The van der Waals surface area contributed by atoms with E-state index in [1.165, 1.54) is 6.42 Å². The SMILES string of the molecule is CCN(CC)CCC(C)(C)NCCC(C)(C)N1C(=O)C(C(C)(C)CC2(C)CC2(C)C(C)(C)C)CC1O. The fourth-order valence-electron chi connectivity index (χ4n) is 7.27. The summed E-state index contributed by atoms with van der Waals surface area (Å²) in [6.45, 7) is 33.7. The van der Waals surface area contributed by atoms with E-state index in [0.29, 0.717) is 11.8 Å². The minimum atomic E-state index is -0.700. The first-order valence-electron chi connectivity index (χ1n) is 14.6. The zero-order valence-electron chi connectivity index (χ0n) is 26.3. The number of carbonyl (C=O) groups excluding carboxylic acids is 1. The first-order valence-corrected chi connectivity index (χ1v) is 14.6. The highest BCUT2D eigenvalue weighted by atomic mass is 16.3. The van der Waals surface area contributed by atoms with Crippen LogP contribution >= 0.6 is 0 Å². The molecule has 1 saturated carbocycles. The minimum absolute atomic E-state index is 0.0379. The van der Waals surface area contributed by atoms with Crippen LogP contribution < -0.4 is 5.32 Å². The van der Waals surface area contributed by atoms with Gasteiger partial charge in [0.15, 0.2) is 0 Å². The molecule has 2 aliphatic rings. The van der Waals surface area contributed by atoms with Gasteiger partial charge in [-0.15, -0.1) is 0 Å². The van der Waals surface area contributed by atoms with Gasteiger partial charge in [-0.05, 0) is 101 Å². The third-order valence-electron chi connectivity index (χ3n) is 10.6. The van der Waals surface area contributed by atoms with E-state index in [9.17, 15) is 9.90 Å². The van der Waals surface area contributed by atoms with Crippen LogP contribution in [0.2, 0.25) is 0 Å². The van der Waals surface area contributed by atoms with Gasteiger partial charge in [0.05, 0.1) is 0 Å². The van der Waals surface area contributed by atoms with Gasteiger partial charge in [-0.2, -0.15) is 0 Å². The van der Waals surface area contributed by atoms with Crippen molar-refractivity contribution in [1.82, 2.24) is 15.1 Å². The van der Waals surface area contributed by atoms with Gasteiger partial charge < -0.3 is 20.2 Å². The second-order valence-corrected chi connectivity index (χ2v) is 15.6. The van der Waals surface area contributed by atoms with Gasteiger partial charge in [0.25, 0.3) is 0 Å². The highest BCUT2D eigenvalue weighted by Crippen LogP contribution is 2.75. The molecule has 1 heterocycles. The van der Waals surface area contributed by atoms with Crippen LogP contribution in [-0.4, -0.2) is 64.3 Å². The lowest BCUT2D eigenvalue weighted by Crippen LogP contribution is -2.52. The number of hydrogen-bond donors (Lipinski definition) is 2. The molecule has 2 fully saturated rings. The molecule has 1 amide bonds. The number of carbonyl (C=O) groups is 1. The predicted molar refractivity (Wildman–Crippen MR) is 153 cm³/mol. The molecule has 0 radical (unpaired) electrons. The normalized spacial score (nSPS) is 30.0. The lowest BCUT2D eigenvalue weighted by atomic mass is 9.66. The molecule has 36 heavy (non-hydrogen) atoms. The summed E-state index contributed by atoms with van der Waals surface area (Å²) in [5.74, 6) is 0.00638. The Labute approximate surface area is 224 Å². The van der Waals surface area contributed by atoms with Crippen LogP contribution in [0.15, 0.2) is 0 Å². The van der Waals surface area contributed by atoms with E-state index in [0.717, 1.165) is 45.4 Å². The Bertz CT molecular complexity index is 764. The van der Waals surface area contributed by atoms with Crippen LogP contribution in [0.25, 0.3) is 0 Å². The molecule has 1 aliphatic heterocycles. The molecule has 0 aromatic carbocycles. The number of hydrogen-bond acceptors (Lipinski definition) is 4. The first kappa shape index (κ1) is 31.6. The van der Waals surface area contributed by atoms with E-state index >= 15 is 0 Å². The third kappa shape index (κ3) is 6.49. The summed E-state index contributed by atoms with van der Waals surface area (Å²) in [5.41, 5.74) is 0.273. The standard InChI is InChI=1S/C31H61N3O2/c1-14-33(15-2)19-17-28(8,9)32-18-16-29(10,11)34-24(35)20-23(25(34)36)27(6,7)21-30(12)22-31(30,13)26(3,4)5/h23-24,32,35H,14-22H2,1-13H3.